The number of nitrogens with zero attached hydrogens (tertiary/aromatic N) is 3. The second kappa shape index (κ2) is 7.47. The molecule has 1 saturated heterocycles. The first-order valence-corrected chi connectivity index (χ1v) is 9.95. The van der Waals surface area contributed by atoms with Crippen molar-refractivity contribution in [3.63, 3.8) is 0 Å². The Morgan fingerprint density at radius 1 is 1.26 bits per heavy atom. The summed E-state index contributed by atoms with van der Waals surface area (Å²) in [6.45, 7) is 2.59. The molecule has 0 bridgehead atoms. The Morgan fingerprint density at radius 2 is 2.04 bits per heavy atom. The van der Waals surface area contributed by atoms with E-state index in [1.54, 1.807) is 0 Å². The molecular formula is C20H21BrN4O2. The van der Waals surface area contributed by atoms with Gasteiger partial charge in [0.15, 0.2) is 5.78 Å². The second-order valence-corrected chi connectivity index (χ2v) is 7.83. The van der Waals surface area contributed by atoms with Gasteiger partial charge < -0.3 is 10.5 Å². The average Bonchev–Trinajstić information content (AvgIpc) is 2.68. The minimum absolute atomic E-state index is 0.111. The molecule has 1 aromatic carbocycles. The fraction of sp³-hybridized carbons (Fsp3) is 0.400. The van der Waals surface area contributed by atoms with Gasteiger partial charge in [-0.3, -0.25) is 9.80 Å². The van der Waals surface area contributed by atoms with Crippen molar-refractivity contribution in [2.45, 2.75) is 25.2 Å². The number of ether oxygens (including phenoxy) is 1. The summed E-state index contributed by atoms with van der Waals surface area (Å²) in [7, 11) is 0. The fourth-order valence-electron chi connectivity index (χ4n) is 4.16. The van der Waals surface area contributed by atoms with Gasteiger partial charge in [0.05, 0.1) is 30.8 Å². The first-order valence-electron chi connectivity index (χ1n) is 9.16. The van der Waals surface area contributed by atoms with Crippen LogP contribution in [0.3, 0.4) is 0 Å². The van der Waals surface area contributed by atoms with E-state index in [-0.39, 0.29) is 5.78 Å². The minimum atomic E-state index is -0.410. The number of hydrogen-bond acceptors (Lipinski definition) is 6. The minimum Gasteiger partial charge on any atom is -0.383 e. The number of ketones is 1. The van der Waals surface area contributed by atoms with Gasteiger partial charge in [0.1, 0.15) is 5.82 Å². The molecule has 0 radical (unpaired) electrons. The lowest BCUT2D eigenvalue weighted by atomic mass is 9.76. The zero-order chi connectivity index (χ0) is 19.0. The molecule has 0 saturated carbocycles. The molecule has 2 aliphatic heterocycles. The third-order valence-electron chi connectivity index (χ3n) is 5.34. The second-order valence-electron chi connectivity index (χ2n) is 6.91. The molecule has 140 valence electrons. The molecule has 0 unspecified atom stereocenters. The van der Waals surface area contributed by atoms with Crippen molar-refractivity contribution < 1.29 is 9.53 Å². The van der Waals surface area contributed by atoms with Crippen molar-refractivity contribution in [3.8, 4) is 6.07 Å². The van der Waals surface area contributed by atoms with Crippen molar-refractivity contribution >= 4 is 21.7 Å². The van der Waals surface area contributed by atoms with Gasteiger partial charge in [-0.2, -0.15) is 5.26 Å². The van der Waals surface area contributed by atoms with Crippen LogP contribution in [0.5, 0.6) is 0 Å². The van der Waals surface area contributed by atoms with Crippen LogP contribution in [0.25, 0.3) is 0 Å². The number of halogens is 1. The SMILES string of the molecule is N#CC1=C(N)N(N2CCOCC2)C2=C(C(=O)CCC2)[C@H]1c1cccc(Br)c1. The molecule has 0 spiro atoms. The van der Waals surface area contributed by atoms with Gasteiger partial charge in [0, 0.05) is 35.3 Å². The molecule has 1 aromatic rings. The summed E-state index contributed by atoms with van der Waals surface area (Å²) >= 11 is 3.50. The number of nitrogens with two attached hydrogens (primary N) is 1. The van der Waals surface area contributed by atoms with Gasteiger partial charge in [0.2, 0.25) is 0 Å². The Balaban J connectivity index is 1.89. The summed E-state index contributed by atoms with van der Waals surface area (Å²) < 4.78 is 6.38. The van der Waals surface area contributed by atoms with Crippen LogP contribution in [0.2, 0.25) is 0 Å². The lowest BCUT2D eigenvalue weighted by molar-refractivity contribution is -0.117. The molecule has 2 heterocycles. The molecule has 0 aromatic heterocycles. The molecule has 7 heteroatoms. The van der Waals surface area contributed by atoms with E-state index < -0.39 is 5.92 Å². The van der Waals surface area contributed by atoms with Crippen molar-refractivity contribution in [2.24, 2.45) is 5.73 Å². The topological polar surface area (TPSA) is 82.6 Å². The highest BCUT2D eigenvalue weighted by molar-refractivity contribution is 9.10. The zero-order valence-electron chi connectivity index (χ0n) is 14.9. The molecule has 0 amide bonds. The monoisotopic (exact) mass is 428 g/mol. The van der Waals surface area contributed by atoms with Crippen molar-refractivity contribution in [1.82, 2.24) is 10.0 Å². The summed E-state index contributed by atoms with van der Waals surface area (Å²) in [5.41, 5.74) is 9.53. The third kappa shape index (κ3) is 3.18. The Bertz CT molecular complexity index is 880. The van der Waals surface area contributed by atoms with E-state index in [2.05, 4.69) is 27.0 Å². The molecule has 1 atom stereocenters. The first-order chi connectivity index (χ1) is 13.1. The Kier molecular flexibility index (Phi) is 5.04. The number of hydrazine groups is 1. The van der Waals surface area contributed by atoms with Crippen LogP contribution < -0.4 is 5.73 Å². The standard InChI is InChI=1S/C20H21BrN4O2/c21-14-4-1-3-13(11-14)18-15(12-22)20(23)25(24-7-9-27-10-8-24)16-5-2-6-17(26)19(16)18/h1,3-4,11,18H,2,5-10,23H2/t18-/m0/s1. The van der Waals surface area contributed by atoms with Crippen LogP contribution in [0.15, 0.2) is 51.4 Å². The molecule has 6 nitrogen and oxygen atoms in total. The first kappa shape index (κ1) is 18.2. The summed E-state index contributed by atoms with van der Waals surface area (Å²) in [6.07, 6.45) is 2.10. The number of carbonyl (C=O) groups excluding carboxylic acids is 1. The fourth-order valence-corrected chi connectivity index (χ4v) is 4.58. The van der Waals surface area contributed by atoms with Crippen molar-refractivity contribution in [1.29, 1.82) is 5.26 Å². The molecule has 3 aliphatic rings. The van der Waals surface area contributed by atoms with E-state index >= 15 is 0 Å². The number of Topliss-reactive ketones (excluding diaryl/α,β-unsaturated/α-hetero) is 1. The number of hydrogen-bond donors (Lipinski definition) is 1. The van der Waals surface area contributed by atoms with E-state index in [9.17, 15) is 10.1 Å². The van der Waals surface area contributed by atoms with Gasteiger partial charge in [-0.15, -0.1) is 0 Å². The van der Waals surface area contributed by atoms with E-state index in [0.717, 1.165) is 34.1 Å². The normalized spacial score (nSPS) is 24.1. The summed E-state index contributed by atoms with van der Waals surface area (Å²) in [4.78, 5) is 13.0. The van der Waals surface area contributed by atoms with Crippen LogP contribution in [0, 0.1) is 11.3 Å². The molecule has 2 N–H and O–H groups in total. The number of nitriles is 1. The molecule has 1 fully saturated rings. The predicted molar refractivity (Wildman–Crippen MR) is 104 cm³/mol. The van der Waals surface area contributed by atoms with Crippen molar-refractivity contribution in [3.05, 3.63) is 57.0 Å². The van der Waals surface area contributed by atoms with Crippen LogP contribution in [-0.4, -0.2) is 42.1 Å². The Morgan fingerprint density at radius 3 is 2.74 bits per heavy atom. The zero-order valence-corrected chi connectivity index (χ0v) is 16.5. The maximum Gasteiger partial charge on any atom is 0.161 e. The predicted octanol–water partition coefficient (Wildman–Crippen LogP) is 2.80. The molecule has 27 heavy (non-hydrogen) atoms. The maximum atomic E-state index is 13.0. The van der Waals surface area contributed by atoms with Gasteiger partial charge in [-0.1, -0.05) is 28.1 Å². The van der Waals surface area contributed by atoms with Gasteiger partial charge in [0.25, 0.3) is 0 Å². The average molecular weight is 429 g/mol. The number of benzene rings is 1. The molecule has 1 aliphatic carbocycles. The number of rotatable bonds is 2. The van der Waals surface area contributed by atoms with E-state index in [1.165, 1.54) is 0 Å². The van der Waals surface area contributed by atoms with Crippen LogP contribution in [0.1, 0.15) is 30.7 Å². The third-order valence-corrected chi connectivity index (χ3v) is 5.83. The van der Waals surface area contributed by atoms with Crippen LogP contribution >= 0.6 is 15.9 Å². The lowest BCUT2D eigenvalue weighted by Gasteiger charge is -2.45. The smallest absolute Gasteiger partial charge is 0.161 e. The largest absolute Gasteiger partial charge is 0.383 e. The van der Waals surface area contributed by atoms with Gasteiger partial charge in [-0.25, -0.2) is 5.01 Å². The number of allylic oxidation sites excluding steroid dienone is 3. The summed E-state index contributed by atoms with van der Waals surface area (Å²) in [5, 5.41) is 14.0. The highest BCUT2D eigenvalue weighted by atomic mass is 79.9. The highest BCUT2D eigenvalue weighted by Crippen LogP contribution is 2.45. The van der Waals surface area contributed by atoms with E-state index in [0.29, 0.717) is 44.1 Å². The van der Waals surface area contributed by atoms with E-state index in [4.69, 9.17) is 10.5 Å². The lowest BCUT2D eigenvalue weighted by Crippen LogP contribution is -2.52. The summed E-state index contributed by atoms with van der Waals surface area (Å²) in [5.74, 6) is 0.130. The molecule has 4 rings (SSSR count). The Labute approximate surface area is 167 Å². The van der Waals surface area contributed by atoms with Crippen molar-refractivity contribution in [2.75, 3.05) is 26.3 Å². The molecular weight excluding hydrogens is 408 g/mol. The van der Waals surface area contributed by atoms with Crippen LogP contribution in [0.4, 0.5) is 0 Å². The number of carbonyl (C=O) groups is 1. The maximum absolute atomic E-state index is 13.0. The highest BCUT2D eigenvalue weighted by Gasteiger charge is 2.41. The summed E-state index contributed by atoms with van der Waals surface area (Å²) in [6, 6.07) is 10.1. The quantitative estimate of drug-likeness (QED) is 0.779. The van der Waals surface area contributed by atoms with Gasteiger partial charge >= 0.3 is 0 Å². The Hall–Kier alpha value is -2.14. The van der Waals surface area contributed by atoms with Crippen LogP contribution in [-0.2, 0) is 9.53 Å². The van der Waals surface area contributed by atoms with Gasteiger partial charge in [-0.05, 0) is 30.5 Å². The number of morpholine rings is 1. The van der Waals surface area contributed by atoms with E-state index in [1.807, 2.05) is 29.3 Å².